The van der Waals surface area contributed by atoms with Gasteiger partial charge >= 0.3 is 0 Å². The van der Waals surface area contributed by atoms with E-state index in [9.17, 15) is 4.79 Å². The summed E-state index contributed by atoms with van der Waals surface area (Å²) in [5.74, 6) is 1.56. The van der Waals surface area contributed by atoms with Gasteiger partial charge in [-0.1, -0.05) is 13.8 Å². The maximum absolute atomic E-state index is 10.5. The highest BCUT2D eigenvalue weighted by atomic mass is 16.1. The van der Waals surface area contributed by atoms with E-state index in [1.54, 1.807) is 0 Å². The van der Waals surface area contributed by atoms with Gasteiger partial charge in [0, 0.05) is 13.1 Å². The minimum Gasteiger partial charge on any atom is -0.345 e. The number of hydrogen-bond acceptors (Lipinski definition) is 1. The van der Waals surface area contributed by atoms with E-state index in [1.165, 1.54) is 19.3 Å². The number of rotatable bonds is 2. The van der Waals surface area contributed by atoms with Gasteiger partial charge in [0.2, 0.25) is 6.41 Å². The fraction of sp³-hybridized carbons (Fsp3) is 0.900. The van der Waals surface area contributed by atoms with Crippen molar-refractivity contribution in [1.82, 2.24) is 4.90 Å². The van der Waals surface area contributed by atoms with Gasteiger partial charge in [0.05, 0.1) is 0 Å². The molecule has 2 nitrogen and oxygen atoms in total. The molecule has 2 unspecified atom stereocenters. The standard InChI is InChI=1S/C10H19NO/c1-8-4-9(2)6-10(5-8)11(3)7-12/h7-10H,4-6H2,1-3H3. The molecule has 1 fully saturated rings. The molecule has 0 bridgehead atoms. The lowest BCUT2D eigenvalue weighted by atomic mass is 9.80. The van der Waals surface area contributed by atoms with Crippen LogP contribution in [0.15, 0.2) is 0 Å². The molecule has 12 heavy (non-hydrogen) atoms. The summed E-state index contributed by atoms with van der Waals surface area (Å²) in [6.45, 7) is 4.56. The molecule has 1 aliphatic carbocycles. The van der Waals surface area contributed by atoms with Crippen LogP contribution in [0.3, 0.4) is 0 Å². The van der Waals surface area contributed by atoms with Crippen LogP contribution in [-0.4, -0.2) is 24.4 Å². The molecule has 0 aromatic carbocycles. The van der Waals surface area contributed by atoms with E-state index in [0.717, 1.165) is 18.2 Å². The van der Waals surface area contributed by atoms with Crippen molar-refractivity contribution in [2.24, 2.45) is 11.8 Å². The molecule has 1 aliphatic rings. The zero-order chi connectivity index (χ0) is 9.14. The SMILES string of the molecule is CC1CC(C)CC(N(C)C=O)C1. The van der Waals surface area contributed by atoms with Crippen molar-refractivity contribution in [3.8, 4) is 0 Å². The highest BCUT2D eigenvalue weighted by molar-refractivity contribution is 5.47. The van der Waals surface area contributed by atoms with Gasteiger partial charge in [-0.05, 0) is 31.1 Å². The molecule has 0 heterocycles. The zero-order valence-corrected chi connectivity index (χ0v) is 8.29. The van der Waals surface area contributed by atoms with Crippen LogP contribution in [0.2, 0.25) is 0 Å². The maximum Gasteiger partial charge on any atom is 0.209 e. The zero-order valence-electron chi connectivity index (χ0n) is 8.29. The lowest BCUT2D eigenvalue weighted by molar-refractivity contribution is -0.119. The molecular weight excluding hydrogens is 150 g/mol. The van der Waals surface area contributed by atoms with Crippen LogP contribution in [-0.2, 0) is 4.79 Å². The Balaban J connectivity index is 2.48. The Labute approximate surface area is 74.9 Å². The predicted octanol–water partition coefficient (Wildman–Crippen LogP) is 1.90. The first-order chi connectivity index (χ1) is 5.63. The number of hydrogen-bond donors (Lipinski definition) is 0. The highest BCUT2D eigenvalue weighted by Crippen LogP contribution is 2.30. The molecular formula is C10H19NO. The van der Waals surface area contributed by atoms with Crippen molar-refractivity contribution < 1.29 is 4.79 Å². The van der Waals surface area contributed by atoms with E-state index in [-0.39, 0.29) is 0 Å². The third-order valence-electron chi connectivity index (χ3n) is 2.90. The average molecular weight is 169 g/mol. The summed E-state index contributed by atoms with van der Waals surface area (Å²) in [6, 6.07) is 0.487. The van der Waals surface area contributed by atoms with E-state index < -0.39 is 0 Å². The Kier molecular flexibility index (Phi) is 3.12. The second-order valence-electron chi connectivity index (χ2n) is 4.34. The molecule has 2 atom stereocenters. The minimum absolute atomic E-state index is 0.487. The van der Waals surface area contributed by atoms with Gasteiger partial charge in [0.1, 0.15) is 0 Å². The van der Waals surface area contributed by atoms with Crippen molar-refractivity contribution in [3.05, 3.63) is 0 Å². The van der Waals surface area contributed by atoms with E-state index in [2.05, 4.69) is 13.8 Å². The maximum atomic E-state index is 10.5. The third-order valence-corrected chi connectivity index (χ3v) is 2.90. The Morgan fingerprint density at radius 1 is 1.17 bits per heavy atom. The Morgan fingerprint density at radius 3 is 2.08 bits per heavy atom. The second kappa shape index (κ2) is 3.92. The van der Waals surface area contributed by atoms with Gasteiger partial charge in [0.15, 0.2) is 0 Å². The average Bonchev–Trinajstić information content (AvgIpc) is 2.01. The number of carbonyl (C=O) groups excluding carboxylic acids is 1. The van der Waals surface area contributed by atoms with Crippen molar-refractivity contribution >= 4 is 6.41 Å². The Bertz CT molecular complexity index is 148. The quantitative estimate of drug-likeness (QED) is 0.578. The monoisotopic (exact) mass is 169 g/mol. The molecule has 0 aromatic rings. The van der Waals surface area contributed by atoms with Crippen LogP contribution < -0.4 is 0 Å². The van der Waals surface area contributed by atoms with Gasteiger partial charge in [-0.3, -0.25) is 4.79 Å². The molecule has 0 radical (unpaired) electrons. The second-order valence-corrected chi connectivity index (χ2v) is 4.34. The number of nitrogens with zero attached hydrogens (tertiary/aromatic N) is 1. The molecule has 0 N–H and O–H groups in total. The van der Waals surface area contributed by atoms with Crippen molar-refractivity contribution in [1.29, 1.82) is 0 Å². The van der Waals surface area contributed by atoms with Crippen LogP contribution in [0.5, 0.6) is 0 Å². The predicted molar refractivity (Wildman–Crippen MR) is 49.8 cm³/mol. The van der Waals surface area contributed by atoms with Crippen molar-refractivity contribution in [3.63, 3.8) is 0 Å². The Morgan fingerprint density at radius 2 is 1.67 bits per heavy atom. The van der Waals surface area contributed by atoms with Crippen LogP contribution in [0.25, 0.3) is 0 Å². The topological polar surface area (TPSA) is 20.3 Å². The summed E-state index contributed by atoms with van der Waals surface area (Å²) in [4.78, 5) is 12.4. The fourth-order valence-electron chi connectivity index (χ4n) is 2.32. The Hall–Kier alpha value is -0.530. The van der Waals surface area contributed by atoms with Crippen LogP contribution in [0, 0.1) is 11.8 Å². The van der Waals surface area contributed by atoms with Gasteiger partial charge in [0.25, 0.3) is 0 Å². The van der Waals surface area contributed by atoms with E-state index in [4.69, 9.17) is 0 Å². The summed E-state index contributed by atoms with van der Waals surface area (Å²) >= 11 is 0. The fourth-order valence-corrected chi connectivity index (χ4v) is 2.32. The normalized spacial score (nSPS) is 36.1. The van der Waals surface area contributed by atoms with Gasteiger partial charge < -0.3 is 4.90 Å². The minimum atomic E-state index is 0.487. The summed E-state index contributed by atoms with van der Waals surface area (Å²) in [5, 5.41) is 0. The van der Waals surface area contributed by atoms with Crippen molar-refractivity contribution in [2.45, 2.75) is 39.2 Å². The highest BCUT2D eigenvalue weighted by Gasteiger charge is 2.25. The molecule has 70 valence electrons. The molecule has 2 heteroatoms. The van der Waals surface area contributed by atoms with Gasteiger partial charge in [-0.15, -0.1) is 0 Å². The summed E-state index contributed by atoms with van der Waals surface area (Å²) in [6.07, 6.45) is 4.64. The van der Waals surface area contributed by atoms with E-state index >= 15 is 0 Å². The molecule has 0 aromatic heterocycles. The molecule has 0 aliphatic heterocycles. The molecule has 1 amide bonds. The first kappa shape index (κ1) is 9.56. The summed E-state index contributed by atoms with van der Waals surface area (Å²) in [7, 11) is 1.89. The smallest absolute Gasteiger partial charge is 0.209 e. The van der Waals surface area contributed by atoms with Crippen LogP contribution in [0.1, 0.15) is 33.1 Å². The number of amides is 1. The summed E-state index contributed by atoms with van der Waals surface area (Å²) in [5.41, 5.74) is 0. The number of carbonyl (C=O) groups is 1. The largest absolute Gasteiger partial charge is 0.345 e. The molecule has 0 saturated heterocycles. The molecule has 0 spiro atoms. The lowest BCUT2D eigenvalue weighted by Crippen LogP contribution is -2.37. The van der Waals surface area contributed by atoms with Gasteiger partial charge in [-0.25, -0.2) is 0 Å². The third kappa shape index (κ3) is 2.23. The lowest BCUT2D eigenvalue weighted by Gasteiger charge is -2.35. The van der Waals surface area contributed by atoms with Crippen molar-refractivity contribution in [2.75, 3.05) is 7.05 Å². The van der Waals surface area contributed by atoms with Gasteiger partial charge in [-0.2, -0.15) is 0 Å². The first-order valence-corrected chi connectivity index (χ1v) is 4.80. The van der Waals surface area contributed by atoms with E-state index in [1.807, 2.05) is 11.9 Å². The summed E-state index contributed by atoms with van der Waals surface area (Å²) < 4.78 is 0. The van der Waals surface area contributed by atoms with Crippen LogP contribution >= 0.6 is 0 Å². The van der Waals surface area contributed by atoms with Crippen LogP contribution in [0.4, 0.5) is 0 Å². The molecule has 1 rings (SSSR count). The first-order valence-electron chi connectivity index (χ1n) is 4.80. The molecule has 1 saturated carbocycles. The van der Waals surface area contributed by atoms with E-state index in [0.29, 0.717) is 6.04 Å².